The van der Waals surface area contributed by atoms with Gasteiger partial charge in [-0.1, -0.05) is 0 Å². The Kier molecular flexibility index (Phi) is 3.40. The highest BCUT2D eigenvalue weighted by Gasteiger charge is 2.18. The molecule has 0 saturated heterocycles. The second-order valence-corrected chi connectivity index (χ2v) is 3.94. The number of hydrogen-bond acceptors (Lipinski definition) is 4. The lowest BCUT2D eigenvalue weighted by molar-refractivity contribution is -0.137. The Morgan fingerprint density at radius 2 is 2.33 bits per heavy atom. The largest absolute Gasteiger partial charge is 0.480 e. The van der Waals surface area contributed by atoms with Crippen LogP contribution in [0.1, 0.15) is 6.42 Å². The highest BCUT2D eigenvalue weighted by atomic mass is 19.1. The molecule has 0 aliphatic carbocycles. The Bertz CT molecular complexity index is 553. The van der Waals surface area contributed by atoms with E-state index in [9.17, 15) is 14.0 Å². The summed E-state index contributed by atoms with van der Waals surface area (Å²) in [5, 5.41) is 8.67. The van der Waals surface area contributed by atoms with Crippen molar-refractivity contribution in [2.24, 2.45) is 0 Å². The fraction of sp³-hybridized carbons (Fsp3) is 0.364. The van der Waals surface area contributed by atoms with Crippen molar-refractivity contribution >= 4 is 11.8 Å². The summed E-state index contributed by atoms with van der Waals surface area (Å²) >= 11 is 0. The summed E-state index contributed by atoms with van der Waals surface area (Å²) in [7, 11) is 0. The molecule has 0 radical (unpaired) electrons. The van der Waals surface area contributed by atoms with Crippen molar-refractivity contribution in [3.05, 3.63) is 34.7 Å². The van der Waals surface area contributed by atoms with Crippen molar-refractivity contribution in [1.82, 2.24) is 9.55 Å². The standard InChI is InChI=1S/C11H12FN3O3/c12-8-2-1-4-14(6-8)10-11(18)15(5-3-13-10)7-9(16)17/h2-3,5H,1,4,6-7H2,(H,16,17). The van der Waals surface area contributed by atoms with Crippen LogP contribution in [-0.2, 0) is 11.3 Å². The number of carboxylic acids is 1. The summed E-state index contributed by atoms with van der Waals surface area (Å²) < 4.78 is 14.2. The number of aromatic nitrogens is 2. The van der Waals surface area contributed by atoms with Crippen LogP contribution in [0.25, 0.3) is 0 Å². The van der Waals surface area contributed by atoms with E-state index >= 15 is 0 Å². The van der Waals surface area contributed by atoms with E-state index in [1.54, 1.807) is 0 Å². The maximum absolute atomic E-state index is 13.2. The average Bonchev–Trinajstić information content (AvgIpc) is 2.31. The first-order chi connectivity index (χ1) is 8.58. The van der Waals surface area contributed by atoms with Crippen molar-refractivity contribution in [1.29, 1.82) is 0 Å². The van der Waals surface area contributed by atoms with E-state index in [2.05, 4.69) is 4.98 Å². The second kappa shape index (κ2) is 4.99. The van der Waals surface area contributed by atoms with E-state index in [4.69, 9.17) is 5.11 Å². The van der Waals surface area contributed by atoms with Gasteiger partial charge in [0, 0.05) is 18.9 Å². The minimum absolute atomic E-state index is 0.000670. The first-order valence-corrected chi connectivity index (χ1v) is 5.44. The lowest BCUT2D eigenvalue weighted by atomic mass is 10.2. The van der Waals surface area contributed by atoms with Crippen LogP contribution in [0, 0.1) is 0 Å². The van der Waals surface area contributed by atoms with Gasteiger partial charge in [-0.05, 0) is 12.5 Å². The monoisotopic (exact) mass is 253 g/mol. The summed E-state index contributed by atoms with van der Waals surface area (Å²) in [6, 6.07) is 0. The van der Waals surface area contributed by atoms with Crippen molar-refractivity contribution < 1.29 is 14.3 Å². The number of carbonyl (C=O) groups is 1. The molecular weight excluding hydrogens is 241 g/mol. The molecule has 1 aromatic heterocycles. The predicted molar refractivity (Wildman–Crippen MR) is 62.2 cm³/mol. The van der Waals surface area contributed by atoms with E-state index in [0.717, 1.165) is 4.57 Å². The van der Waals surface area contributed by atoms with Crippen LogP contribution in [0.4, 0.5) is 10.2 Å². The Hall–Kier alpha value is -2.18. The Labute approximate surface area is 102 Å². The zero-order valence-corrected chi connectivity index (χ0v) is 9.54. The van der Waals surface area contributed by atoms with Crippen LogP contribution in [0.3, 0.4) is 0 Å². The molecule has 0 unspecified atom stereocenters. The quantitative estimate of drug-likeness (QED) is 0.843. The highest BCUT2D eigenvalue weighted by Crippen LogP contribution is 2.14. The number of hydrogen-bond donors (Lipinski definition) is 1. The second-order valence-electron chi connectivity index (χ2n) is 3.94. The van der Waals surface area contributed by atoms with Crippen molar-refractivity contribution in [2.75, 3.05) is 18.0 Å². The summed E-state index contributed by atoms with van der Waals surface area (Å²) in [4.78, 5) is 28.0. The van der Waals surface area contributed by atoms with Crippen LogP contribution in [-0.4, -0.2) is 33.7 Å². The summed E-state index contributed by atoms with van der Waals surface area (Å²) in [6.07, 6.45) is 4.61. The Morgan fingerprint density at radius 1 is 1.56 bits per heavy atom. The first kappa shape index (κ1) is 12.3. The highest BCUT2D eigenvalue weighted by molar-refractivity contribution is 5.66. The fourth-order valence-corrected chi connectivity index (χ4v) is 1.81. The van der Waals surface area contributed by atoms with E-state index in [0.29, 0.717) is 13.0 Å². The molecule has 0 amide bonds. The zero-order valence-electron chi connectivity index (χ0n) is 9.54. The Morgan fingerprint density at radius 3 is 3.00 bits per heavy atom. The van der Waals surface area contributed by atoms with Crippen LogP contribution in [0.2, 0.25) is 0 Å². The molecule has 7 heteroatoms. The van der Waals surface area contributed by atoms with E-state index in [1.165, 1.54) is 23.4 Å². The minimum Gasteiger partial charge on any atom is -0.480 e. The van der Waals surface area contributed by atoms with Gasteiger partial charge in [-0.15, -0.1) is 0 Å². The van der Waals surface area contributed by atoms with Gasteiger partial charge >= 0.3 is 5.97 Å². The van der Waals surface area contributed by atoms with E-state index in [-0.39, 0.29) is 18.2 Å². The third kappa shape index (κ3) is 2.55. The smallest absolute Gasteiger partial charge is 0.323 e. The molecule has 2 rings (SSSR count). The molecule has 1 aliphatic rings. The van der Waals surface area contributed by atoms with E-state index in [1.807, 2.05) is 0 Å². The van der Waals surface area contributed by atoms with Gasteiger partial charge in [0.25, 0.3) is 5.56 Å². The van der Waals surface area contributed by atoms with Crippen LogP contribution >= 0.6 is 0 Å². The average molecular weight is 253 g/mol. The topological polar surface area (TPSA) is 75.4 Å². The lowest BCUT2D eigenvalue weighted by Crippen LogP contribution is -2.37. The zero-order chi connectivity index (χ0) is 13.1. The molecule has 0 spiro atoms. The van der Waals surface area contributed by atoms with Gasteiger partial charge in [-0.2, -0.15) is 0 Å². The predicted octanol–water partition coefficient (Wildman–Crippen LogP) is 0.391. The van der Waals surface area contributed by atoms with Crippen molar-refractivity contribution in [2.45, 2.75) is 13.0 Å². The van der Waals surface area contributed by atoms with Crippen molar-refractivity contribution in [3.8, 4) is 0 Å². The van der Waals surface area contributed by atoms with Gasteiger partial charge in [-0.3, -0.25) is 14.2 Å². The van der Waals surface area contributed by atoms with Gasteiger partial charge in [0.15, 0.2) is 5.82 Å². The van der Waals surface area contributed by atoms with Gasteiger partial charge in [0.2, 0.25) is 0 Å². The molecule has 1 N–H and O–H groups in total. The summed E-state index contributed by atoms with van der Waals surface area (Å²) in [6.45, 7) is 0.0621. The molecule has 0 bridgehead atoms. The lowest BCUT2D eigenvalue weighted by Gasteiger charge is -2.24. The molecule has 0 saturated carbocycles. The molecule has 1 aliphatic heterocycles. The number of aliphatic carboxylic acids is 1. The van der Waals surface area contributed by atoms with Gasteiger partial charge < -0.3 is 10.0 Å². The molecule has 6 nitrogen and oxygen atoms in total. The number of anilines is 1. The summed E-state index contributed by atoms with van der Waals surface area (Å²) in [5.74, 6) is -1.34. The molecule has 0 atom stereocenters. The molecule has 0 aromatic carbocycles. The fourth-order valence-electron chi connectivity index (χ4n) is 1.81. The number of rotatable bonds is 3. The Balaban J connectivity index is 2.31. The third-order valence-corrected chi connectivity index (χ3v) is 2.61. The molecule has 1 aromatic rings. The SMILES string of the molecule is O=C(O)Cn1ccnc(N2CCC=C(F)C2)c1=O. The maximum Gasteiger partial charge on any atom is 0.323 e. The van der Waals surface area contributed by atoms with Crippen LogP contribution in [0.15, 0.2) is 29.1 Å². The summed E-state index contributed by atoms with van der Waals surface area (Å²) in [5.41, 5.74) is -0.519. The van der Waals surface area contributed by atoms with Crippen molar-refractivity contribution in [3.63, 3.8) is 0 Å². The maximum atomic E-state index is 13.2. The molecule has 96 valence electrons. The number of carboxylic acid groups (broad SMARTS) is 1. The molecule has 18 heavy (non-hydrogen) atoms. The number of nitrogens with zero attached hydrogens (tertiary/aromatic N) is 3. The molecular formula is C11H12FN3O3. The van der Waals surface area contributed by atoms with Gasteiger partial charge in [0.05, 0.1) is 6.54 Å². The van der Waals surface area contributed by atoms with Crippen LogP contribution < -0.4 is 10.5 Å². The molecule has 2 heterocycles. The normalized spacial score (nSPS) is 15.4. The number of halogens is 1. The van der Waals surface area contributed by atoms with E-state index < -0.39 is 18.1 Å². The minimum atomic E-state index is -1.11. The third-order valence-electron chi connectivity index (χ3n) is 2.61. The van der Waals surface area contributed by atoms with Gasteiger partial charge in [-0.25, -0.2) is 9.37 Å². The first-order valence-electron chi connectivity index (χ1n) is 5.44. The van der Waals surface area contributed by atoms with Crippen LogP contribution in [0.5, 0.6) is 0 Å². The molecule has 0 fully saturated rings. The van der Waals surface area contributed by atoms with Gasteiger partial charge in [0.1, 0.15) is 12.4 Å².